The van der Waals surface area contributed by atoms with Crippen LogP contribution in [0.5, 0.6) is 0 Å². The molecule has 0 unspecified atom stereocenters. The Morgan fingerprint density at radius 1 is 0.653 bits per heavy atom. The zero-order valence-electron chi connectivity index (χ0n) is 26.0. The van der Waals surface area contributed by atoms with Gasteiger partial charge in [0, 0.05) is 6.92 Å². The van der Waals surface area contributed by atoms with Gasteiger partial charge in [0.1, 0.15) is 73.2 Å². The van der Waals surface area contributed by atoms with Crippen LogP contribution in [0.4, 0.5) is 0 Å². The summed E-state index contributed by atoms with van der Waals surface area (Å²) >= 11 is 0. The van der Waals surface area contributed by atoms with Crippen LogP contribution in [0.15, 0.2) is 0 Å². The quantitative estimate of drug-likeness (QED) is 0.0930. The van der Waals surface area contributed by atoms with E-state index in [2.05, 4.69) is 5.32 Å². The Morgan fingerprint density at radius 2 is 1.24 bits per heavy atom. The number of nitrogens with one attached hydrogen (secondary N) is 1. The largest absolute Gasteiger partial charge is 0.394 e. The second kappa shape index (κ2) is 15.7. The van der Waals surface area contributed by atoms with E-state index in [-0.39, 0.29) is 0 Å². The van der Waals surface area contributed by atoms with E-state index in [1.807, 2.05) is 0 Å². The lowest BCUT2D eigenvalue weighted by molar-refractivity contribution is -0.486. The molecule has 0 aromatic heterocycles. The molecule has 0 aromatic carbocycles. The van der Waals surface area contributed by atoms with E-state index >= 15 is 0 Å². The minimum Gasteiger partial charge on any atom is -0.394 e. The van der Waals surface area contributed by atoms with Gasteiger partial charge in [-0.1, -0.05) is 0 Å². The van der Waals surface area contributed by atoms with Crippen LogP contribution in [0.1, 0.15) is 13.8 Å². The monoisotopic (exact) mass is 723 g/mol. The molecule has 15 N–H and O–H groups in total. The van der Waals surface area contributed by atoms with Gasteiger partial charge < -0.3 is 110 Å². The molecule has 1 amide bonds. The second-order valence-electron chi connectivity index (χ2n) is 12.2. The van der Waals surface area contributed by atoms with Gasteiger partial charge in [-0.3, -0.25) is 4.79 Å². The third-order valence-corrected chi connectivity index (χ3v) is 8.84. The summed E-state index contributed by atoms with van der Waals surface area (Å²) in [4.78, 5) is 12.0. The molecule has 0 saturated carbocycles. The van der Waals surface area contributed by atoms with E-state index in [0.29, 0.717) is 0 Å². The number of hydrogen-bond donors (Lipinski definition) is 15. The average Bonchev–Trinajstić information content (AvgIpc) is 3.06. The SMILES string of the molecule is CC(=O)N[C@@H]1[C@H](O[C@]2(O)[C@@H](O)[C@@H](CO)O[C@@H](O[C@]3(O)[C@H](O)[C@@H](O)[C@H](O)O[C@@H]3CO)[C@@H]2O[C@@H]2O[C@@H](C)[C@@H](O)[C@@H](O)[C@@H]2O)O[C@@H](CO)[C@@H](O)[C@H]1O. The predicted octanol–water partition coefficient (Wildman–Crippen LogP) is -9.94. The van der Waals surface area contributed by atoms with Crippen LogP contribution < -0.4 is 5.32 Å². The van der Waals surface area contributed by atoms with Crippen LogP contribution >= 0.6 is 0 Å². The lowest BCUT2D eigenvalue weighted by atomic mass is 9.91. The summed E-state index contributed by atoms with van der Waals surface area (Å²) in [5.41, 5.74) is 0. The van der Waals surface area contributed by atoms with E-state index in [1.165, 1.54) is 6.92 Å². The van der Waals surface area contributed by atoms with Gasteiger partial charge in [0.15, 0.2) is 31.3 Å². The fourth-order valence-electron chi connectivity index (χ4n) is 5.95. The standard InChI is InChI=1S/C26H45NO22/c1-6-12(32)15(35)16(36)23(43-6)47-20-24(49-25(41)10(5-30)46-21(40)17(37)19(25)39)45-9(4-29)18(38)26(20,42)48-22-11(27-7(2)31)14(34)13(33)8(3-28)44-22/h6,8-24,28-30,32-42H,3-5H2,1-2H3,(H,27,31)/t6-,8-,9+,10+,11-,12+,13+,14-,15+,16-,17+,18-,19+,20-,21+,22-,23-,24-,25-,26+/m0/s1. The summed E-state index contributed by atoms with van der Waals surface area (Å²) < 4.78 is 38.2. The number of aliphatic hydroxyl groups excluding tert-OH is 12. The zero-order chi connectivity index (χ0) is 36.7. The highest BCUT2D eigenvalue weighted by atomic mass is 16.8. The first-order chi connectivity index (χ1) is 22.9. The normalized spacial score (nSPS) is 52.5. The van der Waals surface area contributed by atoms with Crippen molar-refractivity contribution in [2.45, 2.75) is 136 Å². The van der Waals surface area contributed by atoms with E-state index in [4.69, 9.17) is 33.2 Å². The van der Waals surface area contributed by atoms with Gasteiger partial charge in [0.25, 0.3) is 0 Å². The van der Waals surface area contributed by atoms with Crippen LogP contribution in [0.3, 0.4) is 0 Å². The Balaban J connectivity index is 1.82. The summed E-state index contributed by atoms with van der Waals surface area (Å²) in [6, 6.07) is -1.77. The molecule has 49 heavy (non-hydrogen) atoms. The molecule has 4 saturated heterocycles. The van der Waals surface area contributed by atoms with Crippen LogP contribution in [-0.4, -0.2) is 219 Å². The van der Waals surface area contributed by atoms with Crippen molar-refractivity contribution in [1.82, 2.24) is 5.32 Å². The van der Waals surface area contributed by atoms with Crippen molar-refractivity contribution in [3.05, 3.63) is 0 Å². The number of amides is 1. The van der Waals surface area contributed by atoms with Crippen LogP contribution in [0.25, 0.3) is 0 Å². The highest BCUT2D eigenvalue weighted by molar-refractivity contribution is 5.73. The highest BCUT2D eigenvalue weighted by Crippen LogP contribution is 2.42. The number of carbonyl (C=O) groups is 1. The molecule has 0 radical (unpaired) electrons. The van der Waals surface area contributed by atoms with Gasteiger partial charge in [-0.05, 0) is 6.92 Å². The molecule has 0 aliphatic carbocycles. The third-order valence-electron chi connectivity index (χ3n) is 8.84. The number of carbonyl (C=O) groups excluding carboxylic acids is 1. The van der Waals surface area contributed by atoms with Crippen molar-refractivity contribution in [3.63, 3.8) is 0 Å². The minimum absolute atomic E-state index is 0.831. The molecule has 4 rings (SSSR count). The van der Waals surface area contributed by atoms with Crippen molar-refractivity contribution >= 4 is 5.91 Å². The molecular weight excluding hydrogens is 678 g/mol. The molecule has 4 fully saturated rings. The van der Waals surface area contributed by atoms with Crippen molar-refractivity contribution in [1.29, 1.82) is 0 Å². The summed E-state index contributed by atoms with van der Waals surface area (Å²) in [6.45, 7) is -1.10. The van der Waals surface area contributed by atoms with Crippen molar-refractivity contribution in [3.8, 4) is 0 Å². The Bertz CT molecular complexity index is 1110. The second-order valence-corrected chi connectivity index (χ2v) is 12.2. The molecule has 4 aliphatic heterocycles. The molecule has 4 aliphatic rings. The summed E-state index contributed by atoms with van der Waals surface area (Å²) in [5.74, 6) is -7.54. The lowest BCUT2D eigenvalue weighted by Gasteiger charge is -2.55. The average molecular weight is 724 g/mol. The van der Waals surface area contributed by atoms with E-state index in [0.717, 1.165) is 6.92 Å². The first-order valence-electron chi connectivity index (χ1n) is 15.2. The van der Waals surface area contributed by atoms with Gasteiger partial charge in [-0.15, -0.1) is 0 Å². The van der Waals surface area contributed by atoms with Gasteiger partial charge in [-0.25, -0.2) is 0 Å². The topological polar surface area (TPSA) is 377 Å². The Hall–Kier alpha value is -1.37. The third kappa shape index (κ3) is 7.59. The highest BCUT2D eigenvalue weighted by Gasteiger charge is 2.65. The van der Waals surface area contributed by atoms with Crippen molar-refractivity contribution < 1.29 is 109 Å². The number of hydrogen-bond acceptors (Lipinski definition) is 22. The summed E-state index contributed by atoms with van der Waals surface area (Å²) in [5, 5.41) is 150. The smallest absolute Gasteiger partial charge is 0.229 e. The molecule has 4 heterocycles. The van der Waals surface area contributed by atoms with Crippen molar-refractivity contribution in [2.75, 3.05) is 19.8 Å². The Morgan fingerprint density at radius 3 is 1.82 bits per heavy atom. The molecule has 20 atom stereocenters. The van der Waals surface area contributed by atoms with Gasteiger partial charge in [-0.2, -0.15) is 0 Å². The van der Waals surface area contributed by atoms with E-state index < -0.39 is 148 Å². The Kier molecular flexibility index (Phi) is 12.9. The first-order valence-corrected chi connectivity index (χ1v) is 15.2. The summed E-state index contributed by atoms with van der Waals surface area (Å²) in [6.07, 6.45) is -35.2. The summed E-state index contributed by atoms with van der Waals surface area (Å²) in [7, 11) is 0. The maximum Gasteiger partial charge on any atom is 0.229 e. The fourth-order valence-corrected chi connectivity index (χ4v) is 5.95. The number of aliphatic hydroxyl groups is 14. The van der Waals surface area contributed by atoms with Crippen molar-refractivity contribution in [2.24, 2.45) is 0 Å². The molecule has 0 bridgehead atoms. The molecular formula is C26H45NO22. The molecule has 0 aromatic rings. The van der Waals surface area contributed by atoms with Crippen LogP contribution in [0.2, 0.25) is 0 Å². The van der Waals surface area contributed by atoms with Gasteiger partial charge >= 0.3 is 0 Å². The molecule has 23 heteroatoms. The maximum atomic E-state index is 12.2. The maximum absolute atomic E-state index is 12.2. The minimum atomic E-state index is -3.43. The molecule has 23 nitrogen and oxygen atoms in total. The number of ether oxygens (including phenoxy) is 7. The van der Waals surface area contributed by atoms with E-state index in [9.17, 15) is 76.3 Å². The fraction of sp³-hybridized carbons (Fsp3) is 0.962. The molecule has 286 valence electrons. The zero-order valence-corrected chi connectivity index (χ0v) is 26.0. The number of rotatable bonds is 10. The van der Waals surface area contributed by atoms with Crippen LogP contribution in [0, 0.1) is 0 Å². The van der Waals surface area contributed by atoms with Crippen LogP contribution in [-0.2, 0) is 38.0 Å². The van der Waals surface area contributed by atoms with Gasteiger partial charge in [0.05, 0.1) is 25.9 Å². The predicted molar refractivity (Wildman–Crippen MR) is 146 cm³/mol. The van der Waals surface area contributed by atoms with Gasteiger partial charge in [0.2, 0.25) is 17.5 Å². The van der Waals surface area contributed by atoms with E-state index in [1.54, 1.807) is 0 Å². The Labute approximate surface area is 276 Å². The first kappa shape index (κ1) is 40.4. The lowest BCUT2D eigenvalue weighted by Crippen LogP contribution is -2.76. The molecule has 0 spiro atoms.